The van der Waals surface area contributed by atoms with E-state index < -0.39 is 0 Å². The third-order valence-electron chi connectivity index (χ3n) is 2.54. The lowest BCUT2D eigenvalue weighted by Gasteiger charge is -2.07. The Bertz CT molecular complexity index is 713. The predicted molar refractivity (Wildman–Crippen MR) is 83.7 cm³/mol. The van der Waals surface area contributed by atoms with E-state index in [-0.39, 0.29) is 18.0 Å². The molecule has 0 spiro atoms. The molecule has 0 radical (unpaired) electrons. The second-order valence-corrected chi connectivity index (χ2v) is 5.83. The molecule has 1 aromatic carbocycles. The van der Waals surface area contributed by atoms with Crippen LogP contribution >= 0.6 is 31.9 Å². The molecule has 0 aliphatic rings. The lowest BCUT2D eigenvalue weighted by Crippen LogP contribution is -2.30. The molecule has 0 atom stereocenters. The molecule has 0 unspecified atom stereocenters. The van der Waals surface area contributed by atoms with Gasteiger partial charge in [-0.25, -0.2) is 4.68 Å². The first-order valence-electron chi connectivity index (χ1n) is 5.75. The molecule has 1 amide bonds. The van der Waals surface area contributed by atoms with Gasteiger partial charge in [0, 0.05) is 5.69 Å². The molecule has 2 aromatic rings. The van der Waals surface area contributed by atoms with E-state index in [2.05, 4.69) is 42.3 Å². The number of aryl methyl sites for hydroxylation is 1. The smallest absolute Gasteiger partial charge is 0.282 e. The largest absolute Gasteiger partial charge is 0.324 e. The van der Waals surface area contributed by atoms with Crippen LogP contribution in [0.4, 0.5) is 5.69 Å². The molecule has 0 fully saturated rings. The molecule has 0 bridgehead atoms. The van der Waals surface area contributed by atoms with E-state index in [1.165, 1.54) is 6.20 Å². The number of benzene rings is 1. The summed E-state index contributed by atoms with van der Waals surface area (Å²) in [6, 6.07) is 7.43. The van der Waals surface area contributed by atoms with E-state index in [4.69, 9.17) is 0 Å². The molecule has 0 aliphatic carbocycles. The number of halogens is 2. The summed E-state index contributed by atoms with van der Waals surface area (Å²) in [5, 5.41) is 6.63. The number of nitrogens with zero attached hydrogens (tertiary/aromatic N) is 2. The Hall–Kier alpha value is -1.47. The lowest BCUT2D eigenvalue weighted by atomic mass is 10.2. The van der Waals surface area contributed by atoms with Crippen molar-refractivity contribution in [2.24, 2.45) is 0 Å². The summed E-state index contributed by atoms with van der Waals surface area (Å²) in [4.78, 5) is 23.8. The molecular weight excluding hydrogens is 390 g/mol. The molecule has 0 saturated heterocycles. The van der Waals surface area contributed by atoms with Gasteiger partial charge in [-0.3, -0.25) is 9.59 Å². The van der Waals surface area contributed by atoms with Gasteiger partial charge in [0.05, 0.1) is 10.7 Å². The van der Waals surface area contributed by atoms with Gasteiger partial charge in [0.2, 0.25) is 5.91 Å². The van der Waals surface area contributed by atoms with E-state index in [1.54, 1.807) is 6.07 Å². The zero-order valence-electron chi connectivity index (χ0n) is 10.6. The van der Waals surface area contributed by atoms with Gasteiger partial charge in [-0.05, 0) is 56.5 Å². The zero-order chi connectivity index (χ0) is 14.7. The average Bonchev–Trinajstić information content (AvgIpc) is 2.39. The third-order valence-corrected chi connectivity index (χ3v) is 4.44. The molecule has 20 heavy (non-hydrogen) atoms. The fourth-order valence-electron chi connectivity index (χ4n) is 1.62. The van der Waals surface area contributed by atoms with Crippen LogP contribution in [0.3, 0.4) is 0 Å². The van der Waals surface area contributed by atoms with E-state index in [0.29, 0.717) is 14.6 Å². The number of hydrogen-bond acceptors (Lipinski definition) is 3. The van der Waals surface area contributed by atoms with Crippen LogP contribution in [-0.2, 0) is 11.3 Å². The fourth-order valence-corrected chi connectivity index (χ4v) is 2.19. The number of rotatable bonds is 3. The van der Waals surface area contributed by atoms with Crippen molar-refractivity contribution in [3.8, 4) is 0 Å². The molecule has 5 nitrogen and oxygen atoms in total. The summed E-state index contributed by atoms with van der Waals surface area (Å²) in [5.74, 6) is -0.306. The highest BCUT2D eigenvalue weighted by Crippen LogP contribution is 2.16. The van der Waals surface area contributed by atoms with Crippen LogP contribution in [0.25, 0.3) is 0 Å². The summed E-state index contributed by atoms with van der Waals surface area (Å²) in [6.07, 6.45) is 1.46. The van der Waals surface area contributed by atoms with Crippen LogP contribution in [0.15, 0.2) is 44.2 Å². The van der Waals surface area contributed by atoms with E-state index in [0.717, 1.165) is 10.2 Å². The topological polar surface area (TPSA) is 64.0 Å². The monoisotopic (exact) mass is 399 g/mol. The Morgan fingerprint density at radius 3 is 2.85 bits per heavy atom. The highest BCUT2D eigenvalue weighted by molar-refractivity contribution is 9.13. The van der Waals surface area contributed by atoms with Crippen molar-refractivity contribution in [1.29, 1.82) is 0 Å². The summed E-state index contributed by atoms with van der Waals surface area (Å²) < 4.78 is 1.99. The first kappa shape index (κ1) is 14.9. The van der Waals surface area contributed by atoms with Crippen molar-refractivity contribution in [2.75, 3.05) is 5.32 Å². The minimum absolute atomic E-state index is 0.140. The van der Waals surface area contributed by atoms with Crippen LogP contribution in [0.2, 0.25) is 0 Å². The van der Waals surface area contributed by atoms with Gasteiger partial charge in [0.1, 0.15) is 11.0 Å². The van der Waals surface area contributed by atoms with Crippen LogP contribution < -0.4 is 10.9 Å². The summed E-state index contributed by atoms with van der Waals surface area (Å²) in [6.45, 7) is 1.80. The molecule has 1 aromatic heterocycles. The van der Waals surface area contributed by atoms with Crippen molar-refractivity contribution in [3.05, 3.63) is 55.3 Å². The standard InChI is InChI=1S/C13H11Br2N3O2/c1-8-3-2-4-9(5-8)17-11(19)7-18-13(20)12(15)10(14)6-16-18/h2-6H,7H2,1H3,(H,17,19). The van der Waals surface area contributed by atoms with Crippen LogP contribution in [0.1, 0.15) is 5.56 Å². The summed E-state index contributed by atoms with van der Waals surface area (Å²) >= 11 is 6.33. The number of hydrogen-bond donors (Lipinski definition) is 1. The Balaban J connectivity index is 2.13. The quantitative estimate of drug-likeness (QED) is 0.861. The SMILES string of the molecule is Cc1cccc(NC(=O)Cn2ncc(Br)c(Br)c2=O)c1. The van der Waals surface area contributed by atoms with Crippen molar-refractivity contribution < 1.29 is 4.79 Å². The Morgan fingerprint density at radius 1 is 1.40 bits per heavy atom. The molecule has 0 saturated carbocycles. The second kappa shape index (κ2) is 6.32. The van der Waals surface area contributed by atoms with Crippen LogP contribution in [0, 0.1) is 6.92 Å². The van der Waals surface area contributed by atoms with Gasteiger partial charge >= 0.3 is 0 Å². The van der Waals surface area contributed by atoms with E-state index in [1.807, 2.05) is 25.1 Å². The van der Waals surface area contributed by atoms with Gasteiger partial charge in [-0.1, -0.05) is 12.1 Å². The fraction of sp³-hybridized carbons (Fsp3) is 0.154. The van der Waals surface area contributed by atoms with Gasteiger partial charge < -0.3 is 5.32 Å². The van der Waals surface area contributed by atoms with Crippen molar-refractivity contribution in [3.63, 3.8) is 0 Å². The van der Waals surface area contributed by atoms with Gasteiger partial charge in [0.25, 0.3) is 5.56 Å². The molecular formula is C13H11Br2N3O2. The first-order valence-corrected chi connectivity index (χ1v) is 7.33. The van der Waals surface area contributed by atoms with Gasteiger partial charge in [0.15, 0.2) is 0 Å². The molecule has 0 aliphatic heterocycles. The highest BCUT2D eigenvalue weighted by atomic mass is 79.9. The normalized spacial score (nSPS) is 10.3. The van der Waals surface area contributed by atoms with Crippen molar-refractivity contribution >= 4 is 43.5 Å². The molecule has 7 heteroatoms. The van der Waals surface area contributed by atoms with Crippen molar-refractivity contribution in [1.82, 2.24) is 9.78 Å². The van der Waals surface area contributed by atoms with Gasteiger partial charge in [-0.15, -0.1) is 0 Å². The molecule has 2 rings (SSSR count). The summed E-state index contributed by atoms with van der Waals surface area (Å²) in [5.41, 5.74) is 1.38. The Kier molecular flexibility index (Phi) is 4.72. The number of amides is 1. The first-order chi connectivity index (χ1) is 9.47. The van der Waals surface area contributed by atoms with Crippen LogP contribution in [0.5, 0.6) is 0 Å². The zero-order valence-corrected chi connectivity index (χ0v) is 13.7. The molecule has 1 heterocycles. The maximum absolute atomic E-state index is 11.9. The predicted octanol–water partition coefficient (Wildman–Crippen LogP) is 2.72. The highest BCUT2D eigenvalue weighted by Gasteiger charge is 2.10. The summed E-state index contributed by atoms with van der Waals surface area (Å²) in [7, 11) is 0. The number of aromatic nitrogens is 2. The lowest BCUT2D eigenvalue weighted by molar-refractivity contribution is -0.117. The maximum Gasteiger partial charge on any atom is 0.282 e. The van der Waals surface area contributed by atoms with Crippen LogP contribution in [-0.4, -0.2) is 15.7 Å². The average molecular weight is 401 g/mol. The number of nitrogens with one attached hydrogen (secondary N) is 1. The maximum atomic E-state index is 11.9. The number of carbonyl (C=O) groups is 1. The van der Waals surface area contributed by atoms with Gasteiger partial charge in [-0.2, -0.15) is 5.10 Å². The molecule has 1 N–H and O–H groups in total. The minimum Gasteiger partial charge on any atom is -0.324 e. The second-order valence-electron chi connectivity index (χ2n) is 4.19. The number of carbonyl (C=O) groups excluding carboxylic acids is 1. The van der Waals surface area contributed by atoms with Crippen molar-refractivity contribution in [2.45, 2.75) is 13.5 Å². The Morgan fingerprint density at radius 2 is 2.15 bits per heavy atom. The third kappa shape index (κ3) is 3.55. The number of anilines is 1. The minimum atomic E-state index is -0.362. The Labute approximate surface area is 132 Å². The molecule has 104 valence electrons. The van der Waals surface area contributed by atoms with E-state index in [9.17, 15) is 9.59 Å². The van der Waals surface area contributed by atoms with E-state index >= 15 is 0 Å².